The Hall–Kier alpha value is -0.860. The molecular formula is C25H43IN4O. The fourth-order valence-corrected chi connectivity index (χ4v) is 4.70. The number of ether oxygens (including phenoxy) is 1. The molecule has 0 aromatic heterocycles. The third kappa shape index (κ3) is 9.26. The smallest absolute Gasteiger partial charge is 0.193 e. The zero-order valence-corrected chi connectivity index (χ0v) is 22.1. The average molecular weight is 543 g/mol. The summed E-state index contributed by atoms with van der Waals surface area (Å²) in [7, 11) is 0. The molecule has 176 valence electrons. The molecule has 2 heterocycles. The van der Waals surface area contributed by atoms with Gasteiger partial charge in [-0.15, -0.1) is 24.0 Å². The van der Waals surface area contributed by atoms with Crippen LogP contribution in [0.3, 0.4) is 0 Å². The lowest BCUT2D eigenvalue weighted by Crippen LogP contribution is -2.42. The van der Waals surface area contributed by atoms with Gasteiger partial charge in [0.05, 0.1) is 13.2 Å². The molecular weight excluding hydrogens is 499 g/mol. The van der Waals surface area contributed by atoms with Gasteiger partial charge in [-0.3, -0.25) is 4.99 Å². The fourth-order valence-electron chi connectivity index (χ4n) is 4.70. The highest BCUT2D eigenvalue weighted by Gasteiger charge is 2.26. The Morgan fingerprint density at radius 2 is 1.94 bits per heavy atom. The van der Waals surface area contributed by atoms with Crippen molar-refractivity contribution < 1.29 is 4.74 Å². The summed E-state index contributed by atoms with van der Waals surface area (Å²) in [5.74, 6) is 3.13. The monoisotopic (exact) mass is 542 g/mol. The van der Waals surface area contributed by atoms with Gasteiger partial charge in [0, 0.05) is 45.2 Å². The summed E-state index contributed by atoms with van der Waals surface area (Å²) >= 11 is 0. The predicted octanol–water partition coefficient (Wildman–Crippen LogP) is 4.48. The second-order valence-electron chi connectivity index (χ2n) is 9.46. The first-order valence-corrected chi connectivity index (χ1v) is 12.0. The average Bonchev–Trinajstić information content (AvgIpc) is 3.20. The molecule has 2 aliphatic heterocycles. The van der Waals surface area contributed by atoms with Crippen LogP contribution in [0.5, 0.6) is 0 Å². The number of nitrogens with zero attached hydrogens (tertiary/aromatic N) is 3. The van der Waals surface area contributed by atoms with E-state index in [1.807, 2.05) is 0 Å². The normalized spacial score (nSPS) is 22.6. The third-order valence-corrected chi connectivity index (χ3v) is 6.11. The highest BCUT2D eigenvalue weighted by molar-refractivity contribution is 14.0. The molecule has 0 spiro atoms. The Bertz CT molecular complexity index is 640. The van der Waals surface area contributed by atoms with Crippen LogP contribution in [0, 0.1) is 17.8 Å². The lowest BCUT2D eigenvalue weighted by atomic mass is 9.97. The highest BCUT2D eigenvalue weighted by atomic mass is 127. The van der Waals surface area contributed by atoms with E-state index in [1.165, 1.54) is 44.5 Å². The van der Waals surface area contributed by atoms with Crippen molar-refractivity contribution in [2.45, 2.75) is 46.6 Å². The Labute approximate surface area is 207 Å². The number of nitrogens with one attached hydrogen (secondary N) is 1. The summed E-state index contributed by atoms with van der Waals surface area (Å²) < 4.78 is 6.00. The molecule has 3 rings (SSSR count). The van der Waals surface area contributed by atoms with Crippen molar-refractivity contribution in [1.29, 1.82) is 0 Å². The van der Waals surface area contributed by atoms with Gasteiger partial charge in [-0.1, -0.05) is 44.2 Å². The molecule has 0 saturated carbocycles. The van der Waals surface area contributed by atoms with Crippen molar-refractivity contribution in [2.24, 2.45) is 22.7 Å². The molecule has 1 aromatic rings. The zero-order chi connectivity index (χ0) is 21.2. The van der Waals surface area contributed by atoms with Gasteiger partial charge in [0.2, 0.25) is 0 Å². The van der Waals surface area contributed by atoms with Crippen molar-refractivity contribution >= 4 is 29.9 Å². The Kier molecular flexibility index (Phi) is 12.2. The molecule has 5 nitrogen and oxygen atoms in total. The number of rotatable bonds is 9. The zero-order valence-electron chi connectivity index (χ0n) is 19.8. The van der Waals surface area contributed by atoms with Crippen LogP contribution in [0.1, 0.15) is 45.6 Å². The summed E-state index contributed by atoms with van der Waals surface area (Å²) in [4.78, 5) is 10.1. The Morgan fingerprint density at radius 1 is 1.13 bits per heavy atom. The summed E-state index contributed by atoms with van der Waals surface area (Å²) in [5.41, 5.74) is 1.25. The molecule has 31 heavy (non-hydrogen) atoms. The van der Waals surface area contributed by atoms with Crippen LogP contribution in [0.15, 0.2) is 35.3 Å². The largest absolute Gasteiger partial charge is 0.376 e. The van der Waals surface area contributed by atoms with Gasteiger partial charge in [-0.25, -0.2) is 0 Å². The van der Waals surface area contributed by atoms with E-state index in [2.05, 4.69) is 66.2 Å². The number of benzene rings is 1. The molecule has 6 heteroatoms. The fraction of sp³-hybridized carbons (Fsp3) is 0.720. The van der Waals surface area contributed by atoms with Crippen molar-refractivity contribution in [1.82, 2.24) is 15.1 Å². The summed E-state index contributed by atoms with van der Waals surface area (Å²) in [6.07, 6.45) is 3.81. The summed E-state index contributed by atoms with van der Waals surface area (Å²) in [6.45, 7) is 16.0. The molecule has 2 unspecified atom stereocenters. The number of piperidine rings is 1. The topological polar surface area (TPSA) is 40.1 Å². The van der Waals surface area contributed by atoms with Crippen LogP contribution < -0.4 is 5.32 Å². The van der Waals surface area contributed by atoms with Gasteiger partial charge in [0.1, 0.15) is 0 Å². The van der Waals surface area contributed by atoms with E-state index in [9.17, 15) is 0 Å². The minimum absolute atomic E-state index is 0. The van der Waals surface area contributed by atoms with Crippen LogP contribution in [-0.2, 0) is 11.3 Å². The van der Waals surface area contributed by atoms with Gasteiger partial charge < -0.3 is 19.9 Å². The first-order valence-electron chi connectivity index (χ1n) is 12.0. The number of hydrogen-bond donors (Lipinski definition) is 1. The lowest BCUT2D eigenvalue weighted by molar-refractivity contribution is 0.0906. The van der Waals surface area contributed by atoms with Gasteiger partial charge in [0.15, 0.2) is 5.96 Å². The molecule has 2 atom stereocenters. The van der Waals surface area contributed by atoms with Crippen LogP contribution in [0.2, 0.25) is 0 Å². The Morgan fingerprint density at radius 3 is 2.68 bits per heavy atom. The predicted molar refractivity (Wildman–Crippen MR) is 141 cm³/mol. The van der Waals surface area contributed by atoms with Crippen LogP contribution >= 0.6 is 24.0 Å². The first-order chi connectivity index (χ1) is 14.6. The molecule has 1 N–H and O–H groups in total. The maximum atomic E-state index is 6.00. The first kappa shape index (κ1) is 26.4. The molecule has 2 saturated heterocycles. The molecule has 0 radical (unpaired) electrons. The molecule has 0 aliphatic carbocycles. The van der Waals surface area contributed by atoms with E-state index in [0.717, 1.165) is 44.7 Å². The molecule has 0 bridgehead atoms. The number of aliphatic imine (C=N–C) groups is 1. The van der Waals surface area contributed by atoms with E-state index in [-0.39, 0.29) is 24.0 Å². The minimum Gasteiger partial charge on any atom is -0.376 e. The van der Waals surface area contributed by atoms with Gasteiger partial charge in [-0.2, -0.15) is 0 Å². The summed E-state index contributed by atoms with van der Waals surface area (Å²) in [6, 6.07) is 10.5. The van der Waals surface area contributed by atoms with Crippen molar-refractivity contribution in [3.8, 4) is 0 Å². The van der Waals surface area contributed by atoms with E-state index < -0.39 is 0 Å². The summed E-state index contributed by atoms with van der Waals surface area (Å²) in [5, 5.41) is 3.53. The SMILES string of the molecule is CCNC(=NCC1CCCN(CC(C)C)C1)N1CCC(COCc2ccccc2)C1.I. The van der Waals surface area contributed by atoms with Crippen molar-refractivity contribution in [2.75, 3.05) is 52.4 Å². The van der Waals surface area contributed by atoms with E-state index >= 15 is 0 Å². The van der Waals surface area contributed by atoms with Crippen LogP contribution in [0.25, 0.3) is 0 Å². The number of hydrogen-bond acceptors (Lipinski definition) is 3. The molecule has 2 fully saturated rings. The highest BCUT2D eigenvalue weighted by Crippen LogP contribution is 2.20. The van der Waals surface area contributed by atoms with Gasteiger partial charge in [0.25, 0.3) is 0 Å². The van der Waals surface area contributed by atoms with Crippen LogP contribution in [-0.4, -0.2) is 68.2 Å². The number of halogens is 1. The quantitative estimate of drug-likeness (QED) is 0.284. The van der Waals surface area contributed by atoms with Crippen LogP contribution in [0.4, 0.5) is 0 Å². The minimum atomic E-state index is 0. The molecule has 1 aromatic carbocycles. The molecule has 0 amide bonds. The second-order valence-corrected chi connectivity index (χ2v) is 9.46. The second kappa shape index (κ2) is 14.3. The maximum absolute atomic E-state index is 6.00. The number of likely N-dealkylation sites (tertiary alicyclic amines) is 2. The van der Waals surface area contributed by atoms with E-state index in [4.69, 9.17) is 9.73 Å². The Balaban J connectivity index is 0.00000341. The maximum Gasteiger partial charge on any atom is 0.193 e. The van der Waals surface area contributed by atoms with Crippen molar-refractivity contribution in [3.63, 3.8) is 0 Å². The lowest BCUT2D eigenvalue weighted by Gasteiger charge is -2.33. The molecule has 2 aliphatic rings. The van der Waals surface area contributed by atoms with Crippen molar-refractivity contribution in [3.05, 3.63) is 35.9 Å². The van der Waals surface area contributed by atoms with E-state index in [0.29, 0.717) is 18.4 Å². The number of guanidine groups is 1. The third-order valence-electron chi connectivity index (χ3n) is 6.11. The van der Waals surface area contributed by atoms with Gasteiger partial charge >= 0.3 is 0 Å². The van der Waals surface area contributed by atoms with Gasteiger partial charge in [-0.05, 0) is 50.1 Å². The standard InChI is InChI=1S/C25H42N4O.HI/c1-4-26-25(27-15-23-11-8-13-28(17-23)16-21(2)3)29-14-12-24(18-29)20-30-19-22-9-6-5-7-10-22;/h5-7,9-10,21,23-24H,4,8,11-20H2,1-3H3,(H,26,27);1H. The van der Waals surface area contributed by atoms with E-state index in [1.54, 1.807) is 0 Å².